The standard InChI is InChI=1S/C20H26N2O6Si.C17H18N2O6/c1-13-18(23)22(9-8-21-20(25)27-3)16-12-15(19(24)26-2)14(11-17(16)28-13)7-10-29(4,5)6;1-5-11-8-14-13(9-12(11)16(21)23-3)19(15(20)10(2)25-14)7-6-18-17(22)24-4/h11-13H,8-9H2,1-6H3,(H,21,25);1,8-10H,6-7H2,2-4H3,(H,18,22)/t13-;10-/m11/s1. The van der Waals surface area contributed by atoms with Crippen molar-refractivity contribution in [2.45, 2.75) is 45.7 Å². The zero-order valence-electron chi connectivity index (χ0n) is 31.7. The lowest BCUT2D eigenvalue weighted by Gasteiger charge is -2.33. The highest BCUT2D eigenvalue weighted by Crippen LogP contribution is 2.38. The molecule has 2 N–H and O–H groups in total. The molecule has 2 aliphatic rings. The van der Waals surface area contributed by atoms with Crippen LogP contribution < -0.4 is 29.9 Å². The third-order valence-corrected chi connectivity index (χ3v) is 8.61. The van der Waals surface area contributed by atoms with E-state index in [4.69, 9.17) is 25.4 Å². The first-order valence-electron chi connectivity index (χ1n) is 16.6. The van der Waals surface area contributed by atoms with Crippen LogP contribution >= 0.6 is 0 Å². The first kappa shape index (κ1) is 42.2. The van der Waals surface area contributed by atoms with Crippen LogP contribution in [-0.4, -0.2) is 111 Å². The molecule has 2 aromatic rings. The molecule has 2 aliphatic heterocycles. The molecule has 17 heteroatoms. The van der Waals surface area contributed by atoms with E-state index in [1.54, 1.807) is 26.0 Å². The van der Waals surface area contributed by atoms with Crippen molar-refractivity contribution < 1.29 is 57.2 Å². The summed E-state index contributed by atoms with van der Waals surface area (Å²) in [4.78, 5) is 74.7. The van der Waals surface area contributed by atoms with Crippen LogP contribution in [-0.2, 0) is 28.5 Å². The number of nitrogens with zero attached hydrogens (tertiary/aromatic N) is 2. The van der Waals surface area contributed by atoms with E-state index >= 15 is 0 Å². The van der Waals surface area contributed by atoms with E-state index in [9.17, 15) is 28.8 Å². The van der Waals surface area contributed by atoms with E-state index in [2.05, 4.69) is 57.1 Å². The van der Waals surface area contributed by atoms with Crippen molar-refractivity contribution in [3.05, 3.63) is 46.5 Å². The molecule has 2 aromatic carbocycles. The van der Waals surface area contributed by atoms with E-state index in [-0.39, 0.29) is 49.1 Å². The Morgan fingerprint density at radius 2 is 1.13 bits per heavy atom. The van der Waals surface area contributed by atoms with Gasteiger partial charge in [-0.3, -0.25) is 9.59 Å². The monoisotopic (exact) mass is 764 g/mol. The Morgan fingerprint density at radius 3 is 1.50 bits per heavy atom. The summed E-state index contributed by atoms with van der Waals surface area (Å²) in [5.74, 6) is 4.57. The van der Waals surface area contributed by atoms with Crippen molar-refractivity contribution >= 4 is 55.4 Å². The molecule has 54 heavy (non-hydrogen) atoms. The van der Waals surface area contributed by atoms with E-state index in [0.29, 0.717) is 34.0 Å². The number of nitrogens with one attached hydrogen (secondary N) is 2. The molecule has 2 heterocycles. The Hall–Kier alpha value is -6.20. The molecule has 0 spiro atoms. The number of benzene rings is 2. The third-order valence-electron chi connectivity index (χ3n) is 7.73. The summed E-state index contributed by atoms with van der Waals surface area (Å²) in [6.45, 7) is 10.3. The molecule has 16 nitrogen and oxygen atoms in total. The van der Waals surface area contributed by atoms with Crippen LogP contribution in [0.3, 0.4) is 0 Å². The maximum absolute atomic E-state index is 12.6. The van der Waals surface area contributed by atoms with Crippen LogP contribution in [0, 0.1) is 23.8 Å². The summed E-state index contributed by atoms with van der Waals surface area (Å²) in [6.07, 6.45) is 2.82. The Bertz CT molecular complexity index is 1910. The minimum absolute atomic E-state index is 0.153. The number of carbonyl (C=O) groups is 6. The number of hydrogen-bond acceptors (Lipinski definition) is 12. The normalized spacial score (nSPS) is 15.5. The Labute approximate surface area is 314 Å². The number of carbonyl (C=O) groups excluding carboxylic acids is 6. The van der Waals surface area contributed by atoms with Gasteiger partial charge in [-0.05, 0) is 38.1 Å². The smallest absolute Gasteiger partial charge is 0.406 e. The molecule has 0 bridgehead atoms. The highest BCUT2D eigenvalue weighted by molar-refractivity contribution is 6.83. The zero-order valence-corrected chi connectivity index (χ0v) is 32.7. The first-order chi connectivity index (χ1) is 25.5. The van der Waals surface area contributed by atoms with Gasteiger partial charge < -0.3 is 48.9 Å². The molecule has 0 unspecified atom stereocenters. The number of amides is 4. The average Bonchev–Trinajstić information content (AvgIpc) is 3.15. The van der Waals surface area contributed by atoms with Gasteiger partial charge in [-0.15, -0.1) is 12.0 Å². The van der Waals surface area contributed by atoms with Gasteiger partial charge in [-0.2, -0.15) is 0 Å². The number of rotatable bonds is 8. The summed E-state index contributed by atoms with van der Waals surface area (Å²) in [6, 6.07) is 6.19. The van der Waals surface area contributed by atoms with Crippen LogP contribution in [0.15, 0.2) is 24.3 Å². The van der Waals surface area contributed by atoms with E-state index in [1.165, 1.54) is 50.4 Å². The minimum atomic E-state index is -1.68. The van der Waals surface area contributed by atoms with Crippen molar-refractivity contribution in [2.75, 3.05) is 64.4 Å². The molecule has 0 fully saturated rings. The second kappa shape index (κ2) is 18.5. The average molecular weight is 765 g/mol. The van der Waals surface area contributed by atoms with Crippen molar-refractivity contribution in [1.82, 2.24) is 10.6 Å². The molecule has 4 rings (SSSR count). The molecule has 4 amide bonds. The zero-order chi connectivity index (χ0) is 40.3. The topological polar surface area (TPSA) is 188 Å². The van der Waals surface area contributed by atoms with E-state index in [1.807, 2.05) is 0 Å². The maximum atomic E-state index is 12.6. The van der Waals surface area contributed by atoms with Crippen molar-refractivity contribution in [2.24, 2.45) is 0 Å². The number of ether oxygens (including phenoxy) is 6. The lowest BCUT2D eigenvalue weighted by Crippen LogP contribution is -2.47. The fourth-order valence-electron chi connectivity index (χ4n) is 5.09. The Balaban J connectivity index is 0.000000294. The van der Waals surface area contributed by atoms with Gasteiger partial charge in [-0.1, -0.05) is 31.5 Å². The molecule has 2 atom stereocenters. The third kappa shape index (κ3) is 10.4. The predicted octanol–water partition coefficient (Wildman–Crippen LogP) is 3.10. The molecule has 0 aliphatic carbocycles. The molecular formula is C37H44N4O12Si. The van der Waals surface area contributed by atoms with Gasteiger partial charge in [0.2, 0.25) is 0 Å². The second-order valence-electron chi connectivity index (χ2n) is 12.7. The number of alkyl carbamates (subject to hydrolysis) is 2. The predicted molar refractivity (Wildman–Crippen MR) is 199 cm³/mol. The number of hydrogen-bond donors (Lipinski definition) is 2. The highest BCUT2D eigenvalue weighted by atomic mass is 28.3. The van der Waals surface area contributed by atoms with Crippen molar-refractivity contribution in [1.29, 1.82) is 0 Å². The van der Waals surface area contributed by atoms with Gasteiger partial charge in [0.1, 0.15) is 19.6 Å². The lowest BCUT2D eigenvalue weighted by atomic mass is 10.0. The van der Waals surface area contributed by atoms with Crippen LogP contribution in [0.25, 0.3) is 0 Å². The largest absolute Gasteiger partial charge is 0.479 e. The van der Waals surface area contributed by atoms with Gasteiger partial charge in [-0.25, -0.2) is 19.2 Å². The molecule has 0 aromatic heterocycles. The maximum Gasteiger partial charge on any atom is 0.406 e. The van der Waals surface area contributed by atoms with E-state index < -0.39 is 44.4 Å². The van der Waals surface area contributed by atoms with Crippen LogP contribution in [0.1, 0.15) is 45.7 Å². The SMILES string of the molecule is C#Cc1cc2c(cc1C(=O)OC)N(CCNC(=O)OC)C(=O)[C@@H](C)O2.COC(=O)NCCN1C(=O)[C@@H](C)Oc2cc(C#C[Si](C)(C)C)c(C(=O)OC)cc21. The van der Waals surface area contributed by atoms with Gasteiger partial charge in [0, 0.05) is 37.3 Å². The summed E-state index contributed by atoms with van der Waals surface area (Å²) < 4.78 is 30.0. The van der Waals surface area contributed by atoms with Crippen LogP contribution in [0.4, 0.5) is 21.0 Å². The fraction of sp³-hybridized carbons (Fsp3) is 0.405. The van der Waals surface area contributed by atoms with Crippen LogP contribution in [0.2, 0.25) is 19.6 Å². The van der Waals surface area contributed by atoms with E-state index in [0.717, 1.165) is 0 Å². The molecule has 288 valence electrons. The van der Waals surface area contributed by atoms with Gasteiger partial charge in [0.15, 0.2) is 12.2 Å². The fourth-order valence-corrected chi connectivity index (χ4v) is 5.60. The second-order valence-corrected chi connectivity index (χ2v) is 17.4. The number of methoxy groups -OCH3 is 4. The van der Waals surface area contributed by atoms with Gasteiger partial charge in [0.05, 0.1) is 50.9 Å². The number of fused-ring (bicyclic) bond motifs is 2. The molecule has 0 saturated heterocycles. The summed E-state index contributed by atoms with van der Waals surface area (Å²) >= 11 is 0. The Kier molecular flexibility index (Phi) is 14.5. The number of esters is 2. The van der Waals surface area contributed by atoms with Crippen molar-refractivity contribution in [3.8, 4) is 35.3 Å². The molecule has 0 radical (unpaired) electrons. The lowest BCUT2D eigenvalue weighted by molar-refractivity contribution is -0.126. The Morgan fingerprint density at radius 1 is 0.722 bits per heavy atom. The molecular weight excluding hydrogens is 721 g/mol. The highest BCUT2D eigenvalue weighted by Gasteiger charge is 2.34. The summed E-state index contributed by atoms with van der Waals surface area (Å²) in [5.41, 5.74) is 5.25. The number of terminal acetylenes is 1. The summed E-state index contributed by atoms with van der Waals surface area (Å²) in [5, 5.41) is 5.03. The van der Waals surface area contributed by atoms with Gasteiger partial charge in [0.25, 0.3) is 11.8 Å². The minimum Gasteiger partial charge on any atom is -0.479 e. The van der Waals surface area contributed by atoms with Crippen molar-refractivity contribution in [3.63, 3.8) is 0 Å². The quantitative estimate of drug-likeness (QED) is 0.173. The van der Waals surface area contributed by atoms with Crippen LogP contribution in [0.5, 0.6) is 11.5 Å². The summed E-state index contributed by atoms with van der Waals surface area (Å²) in [7, 11) is 3.36. The number of anilines is 2. The molecule has 0 saturated carbocycles. The first-order valence-corrected chi connectivity index (χ1v) is 20.1. The van der Waals surface area contributed by atoms with Gasteiger partial charge >= 0.3 is 24.1 Å².